The van der Waals surface area contributed by atoms with Crippen LogP contribution in [0.4, 0.5) is 5.82 Å². The summed E-state index contributed by atoms with van der Waals surface area (Å²) in [6, 6.07) is 5.45. The molecule has 6 heteroatoms. The summed E-state index contributed by atoms with van der Waals surface area (Å²) in [7, 11) is 1.80. The number of aryl methyl sites for hydroxylation is 1. The lowest BCUT2D eigenvalue weighted by Crippen LogP contribution is -2.35. The molecule has 1 amide bonds. The van der Waals surface area contributed by atoms with Crippen molar-refractivity contribution in [2.45, 2.75) is 32.9 Å². The minimum absolute atomic E-state index is 0.00585. The second-order valence-electron chi connectivity index (χ2n) is 4.94. The molecule has 0 aliphatic rings. The van der Waals surface area contributed by atoms with Crippen LogP contribution in [0.3, 0.4) is 0 Å². The number of rotatable bonds is 6. The quantitative estimate of drug-likeness (QED) is 0.848. The fourth-order valence-electron chi connectivity index (χ4n) is 2.07. The summed E-state index contributed by atoms with van der Waals surface area (Å²) in [5.74, 6) is 0.613. The summed E-state index contributed by atoms with van der Waals surface area (Å²) in [4.78, 5) is 16.7. The van der Waals surface area contributed by atoms with E-state index in [4.69, 9.17) is 0 Å². The van der Waals surface area contributed by atoms with E-state index >= 15 is 0 Å². The van der Waals surface area contributed by atoms with Crippen molar-refractivity contribution in [2.24, 2.45) is 0 Å². The minimum Gasteiger partial charge on any atom is -0.373 e. The molecule has 2 N–H and O–H groups in total. The lowest BCUT2D eigenvalue weighted by Gasteiger charge is -2.15. The zero-order valence-electron chi connectivity index (χ0n) is 12.6. The van der Waals surface area contributed by atoms with Crippen LogP contribution in [0.2, 0.25) is 0 Å². The maximum atomic E-state index is 12.3. The average Bonchev–Trinajstić information content (AvgIpc) is 2.99. The predicted molar refractivity (Wildman–Crippen MR) is 82.3 cm³/mol. The fourth-order valence-corrected chi connectivity index (χ4v) is 2.07. The number of carbonyl (C=O) groups excluding carboxylic acids is 1. The molecule has 0 saturated heterocycles. The lowest BCUT2D eigenvalue weighted by atomic mass is 10.1. The standard InChI is InChI=1S/C15H21N5O/c1-4-13-8-12(9-14(16-3)19-13)15(21)18-11(2)10-20-7-5-6-17-20/h5-9,11H,4,10H2,1-3H3,(H,16,19)(H,18,21). The van der Waals surface area contributed by atoms with Crippen molar-refractivity contribution < 1.29 is 4.79 Å². The summed E-state index contributed by atoms with van der Waals surface area (Å²) >= 11 is 0. The van der Waals surface area contributed by atoms with Gasteiger partial charge in [0.2, 0.25) is 0 Å². The summed E-state index contributed by atoms with van der Waals surface area (Å²) in [6.45, 7) is 4.62. The topological polar surface area (TPSA) is 71.8 Å². The molecule has 6 nitrogen and oxygen atoms in total. The van der Waals surface area contributed by atoms with Gasteiger partial charge in [0.05, 0.1) is 6.54 Å². The Balaban J connectivity index is 2.05. The Morgan fingerprint density at radius 2 is 2.24 bits per heavy atom. The van der Waals surface area contributed by atoms with Crippen LogP contribution < -0.4 is 10.6 Å². The number of nitrogens with one attached hydrogen (secondary N) is 2. The number of amides is 1. The van der Waals surface area contributed by atoms with Crippen LogP contribution in [-0.4, -0.2) is 33.8 Å². The van der Waals surface area contributed by atoms with E-state index in [0.717, 1.165) is 12.1 Å². The molecular weight excluding hydrogens is 266 g/mol. The van der Waals surface area contributed by atoms with Crippen LogP contribution in [0.15, 0.2) is 30.6 Å². The van der Waals surface area contributed by atoms with Crippen molar-refractivity contribution in [2.75, 3.05) is 12.4 Å². The number of pyridine rings is 1. The highest BCUT2D eigenvalue weighted by atomic mass is 16.1. The van der Waals surface area contributed by atoms with Crippen molar-refractivity contribution in [3.05, 3.63) is 41.9 Å². The first-order valence-electron chi connectivity index (χ1n) is 7.09. The monoisotopic (exact) mass is 287 g/mol. The van der Waals surface area contributed by atoms with Gasteiger partial charge in [0.1, 0.15) is 5.82 Å². The van der Waals surface area contributed by atoms with Crippen molar-refractivity contribution in [1.29, 1.82) is 0 Å². The number of hydrogen-bond donors (Lipinski definition) is 2. The Kier molecular flexibility index (Phi) is 4.92. The van der Waals surface area contributed by atoms with Gasteiger partial charge in [-0.1, -0.05) is 6.92 Å². The summed E-state index contributed by atoms with van der Waals surface area (Å²) in [6.07, 6.45) is 4.39. The molecule has 2 rings (SSSR count). The fraction of sp³-hybridized carbons (Fsp3) is 0.400. The Hall–Kier alpha value is -2.37. The summed E-state index contributed by atoms with van der Waals surface area (Å²) in [5.41, 5.74) is 1.52. The highest BCUT2D eigenvalue weighted by molar-refractivity contribution is 5.95. The van der Waals surface area contributed by atoms with Gasteiger partial charge < -0.3 is 10.6 Å². The lowest BCUT2D eigenvalue weighted by molar-refractivity contribution is 0.0936. The second-order valence-corrected chi connectivity index (χ2v) is 4.94. The Bertz CT molecular complexity index is 572. The molecule has 0 aliphatic carbocycles. The normalized spacial score (nSPS) is 12.0. The van der Waals surface area contributed by atoms with Crippen LogP contribution in [0.1, 0.15) is 29.9 Å². The number of hydrogen-bond acceptors (Lipinski definition) is 4. The maximum Gasteiger partial charge on any atom is 0.251 e. The highest BCUT2D eigenvalue weighted by Crippen LogP contribution is 2.11. The number of carbonyl (C=O) groups is 1. The molecular formula is C15H21N5O. The van der Waals surface area contributed by atoms with Crippen molar-refractivity contribution >= 4 is 11.7 Å². The van der Waals surface area contributed by atoms with Crippen LogP contribution in [0.5, 0.6) is 0 Å². The molecule has 0 saturated carbocycles. The van der Waals surface area contributed by atoms with E-state index in [1.54, 1.807) is 24.0 Å². The Morgan fingerprint density at radius 3 is 2.86 bits per heavy atom. The zero-order chi connectivity index (χ0) is 15.2. The van der Waals surface area contributed by atoms with Crippen LogP contribution in [0, 0.1) is 0 Å². The molecule has 21 heavy (non-hydrogen) atoms. The SMILES string of the molecule is CCc1cc(C(=O)NC(C)Cn2cccn2)cc(NC)n1. The van der Waals surface area contributed by atoms with Gasteiger partial charge in [0, 0.05) is 36.7 Å². The Labute approximate surface area is 124 Å². The molecule has 0 radical (unpaired) electrons. The van der Waals surface area contributed by atoms with E-state index < -0.39 is 0 Å². The van der Waals surface area contributed by atoms with E-state index in [-0.39, 0.29) is 11.9 Å². The molecule has 0 bridgehead atoms. The van der Waals surface area contributed by atoms with Gasteiger partial charge in [-0.05, 0) is 31.5 Å². The molecule has 2 aromatic rings. The van der Waals surface area contributed by atoms with Gasteiger partial charge in [-0.15, -0.1) is 0 Å². The maximum absolute atomic E-state index is 12.3. The first kappa shape index (κ1) is 15.0. The van der Waals surface area contributed by atoms with Gasteiger partial charge in [-0.25, -0.2) is 4.98 Å². The summed E-state index contributed by atoms with van der Waals surface area (Å²) in [5, 5.41) is 10.1. The molecule has 0 spiro atoms. The van der Waals surface area contributed by atoms with Gasteiger partial charge in [-0.3, -0.25) is 9.48 Å². The molecule has 1 atom stereocenters. The highest BCUT2D eigenvalue weighted by Gasteiger charge is 2.12. The second kappa shape index (κ2) is 6.88. The molecule has 1 unspecified atom stereocenters. The summed E-state index contributed by atoms with van der Waals surface area (Å²) < 4.78 is 1.80. The number of aromatic nitrogens is 3. The van der Waals surface area contributed by atoms with Gasteiger partial charge >= 0.3 is 0 Å². The third-order valence-corrected chi connectivity index (χ3v) is 3.16. The average molecular weight is 287 g/mol. The number of anilines is 1. The molecule has 0 aromatic carbocycles. The molecule has 2 aromatic heterocycles. The van der Waals surface area contributed by atoms with E-state index in [9.17, 15) is 4.79 Å². The number of nitrogens with zero attached hydrogens (tertiary/aromatic N) is 3. The van der Waals surface area contributed by atoms with E-state index in [1.165, 1.54) is 0 Å². The van der Waals surface area contributed by atoms with Crippen molar-refractivity contribution in [1.82, 2.24) is 20.1 Å². The minimum atomic E-state index is -0.0942. The first-order chi connectivity index (χ1) is 10.1. The van der Waals surface area contributed by atoms with E-state index in [0.29, 0.717) is 17.9 Å². The smallest absolute Gasteiger partial charge is 0.251 e. The first-order valence-corrected chi connectivity index (χ1v) is 7.09. The predicted octanol–water partition coefficient (Wildman–Crippen LogP) is 1.70. The van der Waals surface area contributed by atoms with E-state index in [2.05, 4.69) is 20.7 Å². The van der Waals surface area contributed by atoms with Gasteiger partial charge in [0.15, 0.2) is 0 Å². The van der Waals surface area contributed by atoms with E-state index in [1.807, 2.05) is 32.2 Å². The van der Waals surface area contributed by atoms with Crippen LogP contribution in [0.25, 0.3) is 0 Å². The largest absolute Gasteiger partial charge is 0.373 e. The third-order valence-electron chi connectivity index (χ3n) is 3.16. The van der Waals surface area contributed by atoms with Gasteiger partial charge in [0.25, 0.3) is 5.91 Å². The molecule has 112 valence electrons. The van der Waals surface area contributed by atoms with Crippen molar-refractivity contribution in [3.63, 3.8) is 0 Å². The third kappa shape index (κ3) is 4.05. The zero-order valence-corrected chi connectivity index (χ0v) is 12.6. The molecule has 2 heterocycles. The Morgan fingerprint density at radius 1 is 1.43 bits per heavy atom. The van der Waals surface area contributed by atoms with Gasteiger partial charge in [-0.2, -0.15) is 5.10 Å². The molecule has 0 fully saturated rings. The van der Waals surface area contributed by atoms with Crippen molar-refractivity contribution in [3.8, 4) is 0 Å². The van der Waals surface area contributed by atoms with Crippen LogP contribution in [-0.2, 0) is 13.0 Å². The molecule has 0 aliphatic heterocycles. The van der Waals surface area contributed by atoms with Crippen LogP contribution >= 0.6 is 0 Å².